The zero-order valence-corrected chi connectivity index (χ0v) is 14.8. The van der Waals surface area contributed by atoms with Gasteiger partial charge in [0.25, 0.3) is 0 Å². The van der Waals surface area contributed by atoms with E-state index in [-0.39, 0.29) is 18.0 Å². The Morgan fingerprint density at radius 1 is 1.39 bits per heavy atom. The summed E-state index contributed by atoms with van der Waals surface area (Å²) in [6.07, 6.45) is 1.40. The molecule has 2 N–H and O–H groups in total. The van der Waals surface area contributed by atoms with Gasteiger partial charge in [-0.2, -0.15) is 0 Å². The Kier molecular flexibility index (Phi) is 6.30. The number of ether oxygens (including phenoxy) is 1. The van der Waals surface area contributed by atoms with Crippen molar-refractivity contribution in [1.82, 2.24) is 10.6 Å². The Labute approximate surface area is 141 Å². The fourth-order valence-corrected chi connectivity index (χ4v) is 3.61. The van der Waals surface area contributed by atoms with Crippen LogP contribution in [0.5, 0.6) is 0 Å². The fourth-order valence-electron chi connectivity index (χ4n) is 2.47. The van der Waals surface area contributed by atoms with E-state index in [2.05, 4.69) is 10.6 Å². The maximum absolute atomic E-state index is 13.8. The molecule has 0 spiro atoms. The van der Waals surface area contributed by atoms with Crippen molar-refractivity contribution >= 4 is 17.9 Å². The maximum Gasteiger partial charge on any atom is 0.407 e. The smallest absolute Gasteiger partial charge is 0.407 e. The number of hydrogen-bond donors (Lipinski definition) is 2. The number of amides is 1. The molecule has 0 fully saturated rings. The van der Waals surface area contributed by atoms with Crippen molar-refractivity contribution in [2.24, 2.45) is 0 Å². The summed E-state index contributed by atoms with van der Waals surface area (Å²) in [6, 6.07) is 5.45. The van der Waals surface area contributed by atoms with Crippen LogP contribution in [0.3, 0.4) is 0 Å². The first-order chi connectivity index (χ1) is 10.9. The topological polar surface area (TPSA) is 50.4 Å². The van der Waals surface area contributed by atoms with E-state index in [1.54, 1.807) is 17.8 Å². The van der Waals surface area contributed by atoms with Gasteiger partial charge in [0.05, 0.1) is 0 Å². The van der Waals surface area contributed by atoms with Crippen molar-refractivity contribution in [3.63, 3.8) is 0 Å². The molecule has 1 aliphatic rings. The van der Waals surface area contributed by atoms with Crippen molar-refractivity contribution in [2.45, 2.75) is 50.2 Å². The minimum Gasteiger partial charge on any atom is -0.444 e. The molecule has 0 bridgehead atoms. The van der Waals surface area contributed by atoms with E-state index < -0.39 is 5.60 Å². The van der Waals surface area contributed by atoms with E-state index in [0.717, 1.165) is 35.6 Å². The van der Waals surface area contributed by atoms with Crippen LogP contribution >= 0.6 is 11.8 Å². The molecule has 1 aromatic rings. The molecule has 2 rings (SSSR count). The normalized spacial score (nSPS) is 17.5. The highest BCUT2D eigenvalue weighted by molar-refractivity contribution is 7.99. The Bertz CT molecular complexity index is 546. The van der Waals surface area contributed by atoms with Crippen molar-refractivity contribution in [1.29, 1.82) is 0 Å². The molecule has 6 heteroatoms. The quantitative estimate of drug-likeness (QED) is 0.799. The Hall–Kier alpha value is -1.27. The Morgan fingerprint density at radius 2 is 2.17 bits per heavy atom. The van der Waals surface area contributed by atoms with Gasteiger partial charge in [-0.1, -0.05) is 12.1 Å². The molecule has 23 heavy (non-hydrogen) atoms. The second-order valence-electron chi connectivity index (χ2n) is 6.58. The lowest BCUT2D eigenvalue weighted by Gasteiger charge is -2.26. The summed E-state index contributed by atoms with van der Waals surface area (Å²) >= 11 is 1.58. The van der Waals surface area contributed by atoms with E-state index in [4.69, 9.17) is 4.74 Å². The van der Waals surface area contributed by atoms with Gasteiger partial charge < -0.3 is 15.4 Å². The van der Waals surface area contributed by atoms with Gasteiger partial charge in [-0.3, -0.25) is 0 Å². The molecule has 1 unspecified atom stereocenters. The monoisotopic (exact) mass is 340 g/mol. The van der Waals surface area contributed by atoms with Crippen molar-refractivity contribution in [3.05, 3.63) is 29.6 Å². The molecule has 1 heterocycles. The van der Waals surface area contributed by atoms with Gasteiger partial charge in [0.2, 0.25) is 0 Å². The molecule has 4 nitrogen and oxygen atoms in total. The number of carbonyl (C=O) groups is 1. The number of benzene rings is 1. The molecule has 128 valence electrons. The summed E-state index contributed by atoms with van der Waals surface area (Å²) < 4.78 is 19.0. The van der Waals surface area contributed by atoms with Gasteiger partial charge in [0.15, 0.2) is 0 Å². The highest BCUT2D eigenvalue weighted by atomic mass is 32.2. The summed E-state index contributed by atoms with van der Waals surface area (Å²) in [5.41, 5.74) is 0.567. The van der Waals surface area contributed by atoms with Crippen LogP contribution in [0.15, 0.2) is 23.1 Å². The molecular weight excluding hydrogens is 315 g/mol. The predicted octanol–water partition coefficient (Wildman–Crippen LogP) is 3.87. The van der Waals surface area contributed by atoms with E-state index in [1.807, 2.05) is 26.8 Å². The highest BCUT2D eigenvalue weighted by Crippen LogP contribution is 2.37. The summed E-state index contributed by atoms with van der Waals surface area (Å²) in [5.74, 6) is 0.785. The van der Waals surface area contributed by atoms with Gasteiger partial charge in [-0.25, -0.2) is 9.18 Å². The average molecular weight is 340 g/mol. The molecule has 1 aliphatic heterocycles. The molecule has 1 atom stereocenters. The van der Waals surface area contributed by atoms with Crippen LogP contribution in [0.25, 0.3) is 0 Å². The van der Waals surface area contributed by atoms with E-state index >= 15 is 0 Å². The van der Waals surface area contributed by atoms with Crippen LogP contribution in [0.1, 0.15) is 45.2 Å². The van der Waals surface area contributed by atoms with E-state index in [1.165, 1.54) is 6.07 Å². The van der Waals surface area contributed by atoms with Gasteiger partial charge in [0.1, 0.15) is 11.4 Å². The van der Waals surface area contributed by atoms with Gasteiger partial charge >= 0.3 is 6.09 Å². The second kappa shape index (κ2) is 8.02. The zero-order chi connectivity index (χ0) is 16.9. The number of rotatable bonds is 5. The lowest BCUT2D eigenvalue weighted by molar-refractivity contribution is 0.0527. The molecule has 0 saturated heterocycles. The lowest BCUT2D eigenvalue weighted by Crippen LogP contribution is -2.34. The van der Waals surface area contributed by atoms with Crippen molar-refractivity contribution in [3.8, 4) is 0 Å². The first-order valence-electron chi connectivity index (χ1n) is 7.98. The maximum atomic E-state index is 13.8. The third-order valence-corrected chi connectivity index (χ3v) is 4.60. The van der Waals surface area contributed by atoms with Crippen LogP contribution in [-0.4, -0.2) is 30.5 Å². The molecule has 1 aromatic carbocycles. The SMILES string of the molecule is CC(C)(C)OC(=O)NCCCNC1CCSc2c(F)cccc21. The molecule has 0 aromatic heterocycles. The van der Waals surface area contributed by atoms with Gasteiger partial charge in [-0.05, 0) is 57.5 Å². The predicted molar refractivity (Wildman–Crippen MR) is 91.3 cm³/mol. The van der Waals surface area contributed by atoms with Crippen molar-refractivity contribution < 1.29 is 13.9 Å². The van der Waals surface area contributed by atoms with Crippen LogP contribution in [-0.2, 0) is 4.74 Å². The largest absolute Gasteiger partial charge is 0.444 e. The third kappa shape index (κ3) is 5.70. The lowest BCUT2D eigenvalue weighted by atomic mass is 10.0. The molecule has 0 radical (unpaired) electrons. The summed E-state index contributed by atoms with van der Waals surface area (Å²) in [5, 5.41) is 6.19. The van der Waals surface area contributed by atoms with E-state index in [0.29, 0.717) is 6.54 Å². The summed E-state index contributed by atoms with van der Waals surface area (Å²) in [4.78, 5) is 12.3. The first kappa shape index (κ1) is 18.1. The number of thioether (sulfide) groups is 1. The summed E-state index contributed by atoms with van der Waals surface area (Å²) in [6.45, 7) is 6.84. The number of carbonyl (C=O) groups excluding carboxylic acids is 1. The highest BCUT2D eigenvalue weighted by Gasteiger charge is 2.22. The molecule has 0 saturated carbocycles. The Morgan fingerprint density at radius 3 is 2.91 bits per heavy atom. The zero-order valence-electron chi connectivity index (χ0n) is 13.9. The van der Waals surface area contributed by atoms with Gasteiger partial charge in [-0.15, -0.1) is 11.8 Å². The number of nitrogens with one attached hydrogen (secondary N) is 2. The first-order valence-corrected chi connectivity index (χ1v) is 8.97. The van der Waals surface area contributed by atoms with Crippen LogP contribution < -0.4 is 10.6 Å². The number of alkyl carbamates (subject to hydrolysis) is 1. The Balaban J connectivity index is 1.72. The third-order valence-electron chi connectivity index (χ3n) is 3.44. The minimum absolute atomic E-state index is 0.134. The fraction of sp³-hybridized carbons (Fsp3) is 0.588. The number of hydrogen-bond acceptors (Lipinski definition) is 4. The van der Waals surface area contributed by atoms with Crippen molar-refractivity contribution in [2.75, 3.05) is 18.8 Å². The number of halogens is 1. The van der Waals surface area contributed by atoms with Gasteiger partial charge in [0, 0.05) is 17.5 Å². The van der Waals surface area contributed by atoms with E-state index in [9.17, 15) is 9.18 Å². The minimum atomic E-state index is -0.476. The second-order valence-corrected chi connectivity index (χ2v) is 7.69. The molecule has 1 amide bonds. The summed E-state index contributed by atoms with van der Waals surface area (Å²) in [7, 11) is 0. The number of fused-ring (bicyclic) bond motifs is 1. The van der Waals surface area contributed by atoms with Crippen LogP contribution in [0.4, 0.5) is 9.18 Å². The van der Waals surface area contributed by atoms with Crippen LogP contribution in [0, 0.1) is 5.82 Å². The molecular formula is C17H25FN2O2S. The molecule has 0 aliphatic carbocycles. The average Bonchev–Trinajstić information content (AvgIpc) is 2.46. The standard InChI is InChI=1S/C17H25FN2O2S/c1-17(2,3)22-16(21)20-10-5-9-19-14-8-11-23-15-12(14)6-4-7-13(15)18/h4,6-7,14,19H,5,8-11H2,1-3H3,(H,20,21). The van der Waals surface area contributed by atoms with Crippen LogP contribution in [0.2, 0.25) is 0 Å².